The molecule has 4 aliphatic rings. The van der Waals surface area contributed by atoms with Crippen molar-refractivity contribution in [3.05, 3.63) is 34.4 Å². The van der Waals surface area contributed by atoms with Gasteiger partial charge in [0.25, 0.3) is 0 Å². The van der Waals surface area contributed by atoms with Gasteiger partial charge in [-0.2, -0.15) is 0 Å². The topological polar surface area (TPSA) is 70.7 Å². The fourth-order valence-corrected chi connectivity index (χ4v) is 8.30. The van der Waals surface area contributed by atoms with Crippen LogP contribution in [-0.4, -0.2) is 21.9 Å². The highest BCUT2D eigenvalue weighted by atomic mass is 16.4. The Labute approximate surface area is 167 Å². The van der Waals surface area contributed by atoms with Gasteiger partial charge in [0.05, 0.1) is 18.0 Å². The Hall–Kier alpha value is -1.13. The van der Waals surface area contributed by atoms with Crippen molar-refractivity contribution in [1.82, 2.24) is 0 Å². The molecule has 28 heavy (non-hydrogen) atoms. The van der Waals surface area contributed by atoms with Gasteiger partial charge in [-0.1, -0.05) is 13.8 Å². The molecule has 0 aromatic carbocycles. The molecule has 5 rings (SSSR count). The Morgan fingerprint density at radius 1 is 1.00 bits per heavy atom. The van der Waals surface area contributed by atoms with E-state index < -0.39 is 5.60 Å². The molecule has 4 heteroatoms. The quantitative estimate of drug-likeness (QED) is 0.757. The van der Waals surface area contributed by atoms with Crippen molar-refractivity contribution in [3.8, 4) is 0 Å². The van der Waals surface area contributed by atoms with E-state index in [4.69, 9.17) is 4.42 Å². The predicted octanol–water partition coefficient (Wildman–Crippen LogP) is 4.24. The molecule has 0 saturated heterocycles. The summed E-state index contributed by atoms with van der Waals surface area (Å²) in [5.74, 6) is 1.76. The first-order valence-corrected chi connectivity index (χ1v) is 11.3. The van der Waals surface area contributed by atoms with Crippen LogP contribution in [0.25, 0.3) is 0 Å². The molecule has 0 unspecified atom stereocenters. The fourth-order valence-electron chi connectivity index (χ4n) is 8.30. The lowest BCUT2D eigenvalue weighted by molar-refractivity contribution is -0.205. The molecule has 4 nitrogen and oxygen atoms in total. The number of rotatable bonds is 1. The van der Waals surface area contributed by atoms with E-state index in [-0.39, 0.29) is 28.5 Å². The van der Waals surface area contributed by atoms with Gasteiger partial charge in [0, 0.05) is 11.5 Å². The fraction of sp³-hybridized carbons (Fsp3) is 0.792. The average Bonchev–Trinajstić information content (AvgIpc) is 2.95. The lowest BCUT2D eigenvalue weighted by atomic mass is 9.43. The van der Waals surface area contributed by atoms with Gasteiger partial charge in [-0.15, -0.1) is 0 Å². The van der Waals surface area contributed by atoms with Gasteiger partial charge in [0.2, 0.25) is 0 Å². The second kappa shape index (κ2) is 6.18. The summed E-state index contributed by atoms with van der Waals surface area (Å²) in [6, 6.07) is 3.42. The van der Waals surface area contributed by atoms with E-state index in [0.717, 1.165) is 56.9 Å². The molecule has 0 spiro atoms. The normalized spacial score (nSPS) is 50.5. The van der Waals surface area contributed by atoms with Crippen LogP contribution < -0.4 is 5.63 Å². The predicted molar refractivity (Wildman–Crippen MR) is 107 cm³/mol. The molecule has 4 aliphatic carbocycles. The molecule has 8 atom stereocenters. The van der Waals surface area contributed by atoms with Crippen LogP contribution in [0.15, 0.2) is 27.6 Å². The standard InChI is InChI=1S/C24H34O4/c1-22-10-7-17(25)13-16(22)4-5-20-19(22)8-11-23(2)18(9-12-24(20,23)27)15-3-6-21(26)28-14-15/h3,6,14,16-20,25,27H,4-5,7-13H2,1-2H3/t16-,17+,18-,19-,20+,22+,23-,24+/m1/s1. The van der Waals surface area contributed by atoms with E-state index in [9.17, 15) is 15.0 Å². The highest BCUT2D eigenvalue weighted by Gasteiger charge is 2.67. The summed E-state index contributed by atoms with van der Waals surface area (Å²) >= 11 is 0. The van der Waals surface area contributed by atoms with Gasteiger partial charge in [-0.3, -0.25) is 0 Å². The highest BCUT2D eigenvalue weighted by Crippen LogP contribution is 2.70. The summed E-state index contributed by atoms with van der Waals surface area (Å²) in [5, 5.41) is 22.4. The van der Waals surface area contributed by atoms with Crippen LogP contribution in [0.5, 0.6) is 0 Å². The number of hydrogen-bond acceptors (Lipinski definition) is 4. The summed E-state index contributed by atoms with van der Waals surface area (Å²) in [6.07, 6.45) is 10.7. The number of fused-ring (bicyclic) bond motifs is 5. The van der Waals surface area contributed by atoms with Crippen molar-refractivity contribution in [3.63, 3.8) is 0 Å². The van der Waals surface area contributed by atoms with E-state index in [2.05, 4.69) is 13.8 Å². The summed E-state index contributed by atoms with van der Waals surface area (Å²) in [4.78, 5) is 11.4. The largest absolute Gasteiger partial charge is 0.431 e. The summed E-state index contributed by atoms with van der Waals surface area (Å²) in [7, 11) is 0. The Balaban J connectivity index is 1.48. The second-order valence-corrected chi connectivity index (χ2v) is 10.8. The maximum Gasteiger partial charge on any atom is 0.335 e. The number of hydrogen-bond donors (Lipinski definition) is 2. The van der Waals surface area contributed by atoms with Crippen LogP contribution in [0.3, 0.4) is 0 Å². The molecule has 2 N–H and O–H groups in total. The van der Waals surface area contributed by atoms with Crippen molar-refractivity contribution in [1.29, 1.82) is 0 Å². The van der Waals surface area contributed by atoms with Crippen LogP contribution in [0.2, 0.25) is 0 Å². The van der Waals surface area contributed by atoms with Gasteiger partial charge in [-0.25, -0.2) is 4.79 Å². The molecule has 0 amide bonds. The lowest BCUT2D eigenvalue weighted by Gasteiger charge is -2.63. The monoisotopic (exact) mass is 386 g/mol. The van der Waals surface area contributed by atoms with Gasteiger partial charge in [0.15, 0.2) is 0 Å². The Bertz CT molecular complexity index is 797. The molecule has 0 aliphatic heterocycles. The zero-order valence-corrected chi connectivity index (χ0v) is 17.2. The third kappa shape index (κ3) is 2.40. The lowest BCUT2D eigenvalue weighted by Crippen LogP contribution is -2.62. The molecule has 1 aromatic heterocycles. The Morgan fingerprint density at radius 2 is 1.82 bits per heavy atom. The van der Waals surface area contributed by atoms with E-state index in [1.165, 1.54) is 12.5 Å². The van der Waals surface area contributed by atoms with Crippen LogP contribution in [0, 0.1) is 28.6 Å². The van der Waals surface area contributed by atoms with Crippen molar-refractivity contribution in [2.24, 2.45) is 28.6 Å². The third-order valence-corrected chi connectivity index (χ3v) is 9.95. The number of aliphatic hydroxyl groups excluding tert-OH is 1. The number of aliphatic hydroxyl groups is 2. The summed E-state index contributed by atoms with van der Waals surface area (Å²) < 4.78 is 5.17. The highest BCUT2D eigenvalue weighted by molar-refractivity contribution is 5.27. The van der Waals surface area contributed by atoms with Crippen molar-refractivity contribution < 1.29 is 14.6 Å². The minimum Gasteiger partial charge on any atom is -0.431 e. The van der Waals surface area contributed by atoms with Gasteiger partial charge < -0.3 is 14.6 Å². The molecular weight excluding hydrogens is 352 g/mol. The first kappa shape index (κ1) is 18.9. The first-order chi connectivity index (χ1) is 13.3. The van der Waals surface area contributed by atoms with Gasteiger partial charge in [0.1, 0.15) is 0 Å². The molecule has 0 radical (unpaired) electrons. The maximum atomic E-state index is 12.2. The van der Waals surface area contributed by atoms with E-state index in [0.29, 0.717) is 17.8 Å². The van der Waals surface area contributed by atoms with Crippen LogP contribution >= 0.6 is 0 Å². The van der Waals surface area contributed by atoms with E-state index in [1.807, 2.05) is 6.07 Å². The van der Waals surface area contributed by atoms with Crippen molar-refractivity contribution in [2.75, 3.05) is 0 Å². The molecule has 154 valence electrons. The minimum absolute atomic E-state index is 0.129. The van der Waals surface area contributed by atoms with Crippen molar-refractivity contribution in [2.45, 2.75) is 89.3 Å². The van der Waals surface area contributed by atoms with Crippen LogP contribution in [0.4, 0.5) is 0 Å². The molecule has 1 aromatic rings. The van der Waals surface area contributed by atoms with E-state index >= 15 is 0 Å². The summed E-state index contributed by atoms with van der Waals surface area (Å²) in [5.41, 5.74) is 0.219. The zero-order chi connectivity index (χ0) is 19.7. The molecule has 4 fully saturated rings. The molecular formula is C24H34O4. The Morgan fingerprint density at radius 3 is 2.57 bits per heavy atom. The maximum absolute atomic E-state index is 12.2. The van der Waals surface area contributed by atoms with E-state index in [1.54, 1.807) is 6.26 Å². The second-order valence-electron chi connectivity index (χ2n) is 10.8. The zero-order valence-electron chi connectivity index (χ0n) is 17.2. The van der Waals surface area contributed by atoms with Crippen molar-refractivity contribution >= 4 is 0 Å². The molecule has 0 bridgehead atoms. The SMILES string of the molecule is C[C@]12CC[C@H](O)C[C@H]1CC[C@H]1[C@H]2CC[C@]2(C)[C@@H](c3ccc(=O)oc3)CC[C@]12O. The van der Waals surface area contributed by atoms with Gasteiger partial charge in [-0.05, 0) is 98.5 Å². The Kier molecular flexibility index (Phi) is 4.17. The smallest absolute Gasteiger partial charge is 0.335 e. The third-order valence-electron chi connectivity index (χ3n) is 9.95. The average molecular weight is 387 g/mol. The summed E-state index contributed by atoms with van der Waals surface area (Å²) in [6.45, 7) is 4.73. The molecule has 1 heterocycles. The van der Waals surface area contributed by atoms with Crippen LogP contribution in [0.1, 0.15) is 83.1 Å². The molecule has 4 saturated carbocycles. The minimum atomic E-state index is -0.638. The van der Waals surface area contributed by atoms with Gasteiger partial charge >= 0.3 is 5.63 Å². The van der Waals surface area contributed by atoms with Crippen LogP contribution in [-0.2, 0) is 0 Å². The first-order valence-electron chi connectivity index (χ1n) is 11.3.